The molecule has 0 saturated carbocycles. The van der Waals surface area contributed by atoms with Gasteiger partial charge in [-0.15, -0.1) is 0 Å². The molecule has 7 heteroatoms. The van der Waals surface area contributed by atoms with Crippen molar-refractivity contribution in [1.82, 2.24) is 15.1 Å². The molecule has 0 aromatic heterocycles. The molecule has 3 amide bonds. The van der Waals surface area contributed by atoms with Gasteiger partial charge in [0.05, 0.1) is 12.5 Å². The lowest BCUT2D eigenvalue weighted by Gasteiger charge is -2.21. The lowest BCUT2D eigenvalue weighted by molar-refractivity contribution is -0.141. The van der Waals surface area contributed by atoms with E-state index in [1.807, 2.05) is 13.8 Å². The highest BCUT2D eigenvalue weighted by Gasteiger charge is 2.30. The van der Waals surface area contributed by atoms with E-state index in [0.717, 1.165) is 0 Å². The molecular formula is C12H21N3O4. The van der Waals surface area contributed by atoms with E-state index in [-0.39, 0.29) is 25.0 Å². The zero-order valence-electron chi connectivity index (χ0n) is 11.4. The van der Waals surface area contributed by atoms with Gasteiger partial charge >= 0.3 is 12.0 Å². The van der Waals surface area contributed by atoms with Gasteiger partial charge in [-0.2, -0.15) is 0 Å². The second-order valence-corrected chi connectivity index (χ2v) is 4.49. The maximum atomic E-state index is 11.8. The predicted molar refractivity (Wildman–Crippen MR) is 68.6 cm³/mol. The van der Waals surface area contributed by atoms with Crippen molar-refractivity contribution in [2.75, 3.05) is 32.7 Å². The Balaban J connectivity index is 2.36. The van der Waals surface area contributed by atoms with Crippen LogP contribution in [0, 0.1) is 5.92 Å². The van der Waals surface area contributed by atoms with Crippen LogP contribution in [0.4, 0.5) is 4.79 Å². The normalized spacial score (nSPS) is 18.2. The van der Waals surface area contributed by atoms with Crippen molar-refractivity contribution in [1.29, 1.82) is 0 Å². The average Bonchev–Trinajstić information content (AvgIpc) is 2.87. The van der Waals surface area contributed by atoms with Gasteiger partial charge in [-0.1, -0.05) is 0 Å². The maximum absolute atomic E-state index is 11.8. The van der Waals surface area contributed by atoms with E-state index in [1.165, 1.54) is 4.90 Å². The number of aliphatic carboxylic acids is 1. The van der Waals surface area contributed by atoms with Gasteiger partial charge in [0.25, 0.3) is 0 Å². The van der Waals surface area contributed by atoms with Gasteiger partial charge in [0.2, 0.25) is 5.91 Å². The standard InChI is InChI=1S/C12H21N3O4/c1-3-14(4-2)10(16)7-13-12(19)15-6-5-9(8-15)11(17)18/h9H,3-8H2,1-2H3,(H,13,19)(H,17,18). The molecule has 1 aliphatic rings. The zero-order chi connectivity index (χ0) is 14.4. The van der Waals surface area contributed by atoms with Crippen molar-refractivity contribution in [2.45, 2.75) is 20.3 Å². The van der Waals surface area contributed by atoms with E-state index in [4.69, 9.17) is 5.11 Å². The highest BCUT2D eigenvalue weighted by Crippen LogP contribution is 2.15. The molecule has 0 aromatic carbocycles. The Morgan fingerprint density at radius 1 is 1.32 bits per heavy atom. The predicted octanol–water partition coefficient (Wildman–Crippen LogP) is -0.0291. The summed E-state index contributed by atoms with van der Waals surface area (Å²) in [5.41, 5.74) is 0. The average molecular weight is 271 g/mol. The van der Waals surface area contributed by atoms with Gasteiger partial charge in [-0.25, -0.2) is 4.79 Å². The Hall–Kier alpha value is -1.79. The van der Waals surface area contributed by atoms with Gasteiger partial charge < -0.3 is 20.2 Å². The van der Waals surface area contributed by atoms with E-state index in [2.05, 4.69) is 5.32 Å². The summed E-state index contributed by atoms with van der Waals surface area (Å²) in [6.07, 6.45) is 0.465. The number of urea groups is 1. The monoisotopic (exact) mass is 271 g/mol. The van der Waals surface area contributed by atoms with Crippen LogP contribution in [0.1, 0.15) is 20.3 Å². The molecule has 1 saturated heterocycles. The Morgan fingerprint density at radius 2 is 1.95 bits per heavy atom. The lowest BCUT2D eigenvalue weighted by atomic mass is 10.1. The Labute approximate surface area is 112 Å². The van der Waals surface area contributed by atoms with E-state index < -0.39 is 11.9 Å². The fourth-order valence-corrected chi connectivity index (χ4v) is 2.10. The Morgan fingerprint density at radius 3 is 2.42 bits per heavy atom. The largest absolute Gasteiger partial charge is 0.481 e. The molecule has 108 valence electrons. The number of carboxylic acid groups (broad SMARTS) is 1. The Kier molecular flexibility index (Phi) is 5.59. The second kappa shape index (κ2) is 6.96. The van der Waals surface area contributed by atoms with Crippen LogP contribution in [0.2, 0.25) is 0 Å². The smallest absolute Gasteiger partial charge is 0.317 e. The molecule has 1 unspecified atom stereocenters. The highest BCUT2D eigenvalue weighted by atomic mass is 16.4. The van der Waals surface area contributed by atoms with E-state index in [1.54, 1.807) is 4.90 Å². The number of nitrogens with zero attached hydrogens (tertiary/aromatic N) is 2. The summed E-state index contributed by atoms with van der Waals surface area (Å²) in [6, 6.07) is -0.371. The summed E-state index contributed by atoms with van der Waals surface area (Å²) in [6.45, 7) is 5.55. The number of carbonyl (C=O) groups excluding carboxylic acids is 2. The summed E-state index contributed by atoms with van der Waals surface area (Å²) in [5, 5.41) is 11.4. The van der Waals surface area contributed by atoms with Gasteiger partial charge in [-0.05, 0) is 20.3 Å². The topological polar surface area (TPSA) is 90.0 Å². The third-order valence-electron chi connectivity index (χ3n) is 3.33. The first-order valence-electron chi connectivity index (χ1n) is 6.52. The van der Waals surface area contributed by atoms with Crippen molar-refractivity contribution in [3.63, 3.8) is 0 Å². The van der Waals surface area contributed by atoms with E-state index >= 15 is 0 Å². The third kappa shape index (κ3) is 4.11. The molecule has 0 spiro atoms. The first kappa shape index (κ1) is 15.3. The molecule has 1 atom stereocenters. The van der Waals surface area contributed by atoms with Crippen molar-refractivity contribution in [3.8, 4) is 0 Å². The molecule has 0 aliphatic carbocycles. The molecular weight excluding hydrogens is 250 g/mol. The maximum Gasteiger partial charge on any atom is 0.317 e. The number of likely N-dealkylation sites (tertiary alicyclic amines) is 1. The Bertz CT molecular complexity index is 355. The van der Waals surface area contributed by atoms with Crippen LogP contribution < -0.4 is 5.32 Å². The number of hydrogen-bond acceptors (Lipinski definition) is 3. The quantitative estimate of drug-likeness (QED) is 0.735. The minimum atomic E-state index is -0.880. The highest BCUT2D eigenvalue weighted by molar-refractivity contribution is 5.84. The lowest BCUT2D eigenvalue weighted by Crippen LogP contribution is -2.45. The van der Waals surface area contributed by atoms with Crippen LogP contribution in [0.5, 0.6) is 0 Å². The van der Waals surface area contributed by atoms with E-state index in [0.29, 0.717) is 26.1 Å². The van der Waals surface area contributed by atoms with E-state index in [9.17, 15) is 14.4 Å². The number of rotatable bonds is 5. The molecule has 0 radical (unpaired) electrons. The van der Waals surface area contributed by atoms with Crippen LogP contribution in [0.15, 0.2) is 0 Å². The van der Waals surface area contributed by atoms with Gasteiger partial charge in [0.15, 0.2) is 0 Å². The van der Waals surface area contributed by atoms with Crippen molar-refractivity contribution < 1.29 is 19.5 Å². The molecule has 0 aromatic rings. The zero-order valence-corrected chi connectivity index (χ0v) is 11.4. The molecule has 0 bridgehead atoms. The molecule has 1 heterocycles. The SMILES string of the molecule is CCN(CC)C(=O)CNC(=O)N1CCC(C(=O)O)C1. The first-order chi connectivity index (χ1) is 8.99. The van der Waals surface area contributed by atoms with Crippen LogP contribution in [0.3, 0.4) is 0 Å². The molecule has 1 rings (SSSR count). The number of likely N-dealkylation sites (N-methyl/N-ethyl adjacent to an activating group) is 1. The molecule has 1 fully saturated rings. The number of carbonyl (C=O) groups is 3. The molecule has 1 aliphatic heterocycles. The van der Waals surface area contributed by atoms with Gasteiger partial charge in [0.1, 0.15) is 0 Å². The fraction of sp³-hybridized carbons (Fsp3) is 0.750. The minimum absolute atomic E-state index is 0.0469. The van der Waals surface area contributed by atoms with Gasteiger partial charge in [-0.3, -0.25) is 9.59 Å². The first-order valence-corrected chi connectivity index (χ1v) is 6.52. The molecule has 2 N–H and O–H groups in total. The van der Waals surface area contributed by atoms with Gasteiger partial charge in [0, 0.05) is 26.2 Å². The van der Waals surface area contributed by atoms with Crippen molar-refractivity contribution in [3.05, 3.63) is 0 Å². The minimum Gasteiger partial charge on any atom is -0.481 e. The van der Waals surface area contributed by atoms with Crippen molar-refractivity contribution >= 4 is 17.9 Å². The second-order valence-electron chi connectivity index (χ2n) is 4.49. The fourth-order valence-electron chi connectivity index (χ4n) is 2.10. The third-order valence-corrected chi connectivity index (χ3v) is 3.33. The van der Waals surface area contributed by atoms with Crippen LogP contribution >= 0.6 is 0 Å². The van der Waals surface area contributed by atoms with Crippen LogP contribution in [-0.2, 0) is 9.59 Å². The molecule has 19 heavy (non-hydrogen) atoms. The van der Waals surface area contributed by atoms with Crippen molar-refractivity contribution in [2.24, 2.45) is 5.92 Å². The summed E-state index contributed by atoms with van der Waals surface area (Å²) in [7, 11) is 0. The summed E-state index contributed by atoms with van der Waals surface area (Å²) in [5.74, 6) is -1.51. The number of hydrogen-bond donors (Lipinski definition) is 2. The number of carboxylic acids is 1. The summed E-state index contributed by atoms with van der Waals surface area (Å²) < 4.78 is 0. The summed E-state index contributed by atoms with van der Waals surface area (Å²) in [4.78, 5) is 37.3. The number of amides is 3. The summed E-state index contributed by atoms with van der Waals surface area (Å²) >= 11 is 0. The van der Waals surface area contributed by atoms with Crippen LogP contribution in [0.25, 0.3) is 0 Å². The van der Waals surface area contributed by atoms with Crippen LogP contribution in [-0.4, -0.2) is 65.5 Å². The molecule has 7 nitrogen and oxygen atoms in total. The number of nitrogens with one attached hydrogen (secondary N) is 1.